The van der Waals surface area contributed by atoms with Crippen LogP contribution in [0.5, 0.6) is 5.75 Å². The SMILES string of the molecule is COc1ccnc(-c2nnc3n2C[C@@H]2COC[C@H]3N2C(=O)c2ccnc(C)c2F)c1. The number of pyridine rings is 2. The van der Waals surface area contributed by atoms with Crippen molar-refractivity contribution in [3.05, 3.63) is 53.5 Å². The van der Waals surface area contributed by atoms with E-state index in [0.29, 0.717) is 36.2 Å². The minimum Gasteiger partial charge on any atom is -0.497 e. The second-order valence-electron chi connectivity index (χ2n) is 7.25. The second-order valence-corrected chi connectivity index (χ2v) is 7.25. The summed E-state index contributed by atoms with van der Waals surface area (Å²) >= 11 is 0. The zero-order chi connectivity index (χ0) is 20.8. The summed E-state index contributed by atoms with van der Waals surface area (Å²) in [5, 5.41) is 8.65. The number of rotatable bonds is 3. The number of morpholine rings is 1. The topological polar surface area (TPSA) is 95.3 Å². The van der Waals surface area contributed by atoms with Crippen molar-refractivity contribution in [1.29, 1.82) is 0 Å². The van der Waals surface area contributed by atoms with Crippen LogP contribution in [0.3, 0.4) is 0 Å². The molecule has 1 fully saturated rings. The van der Waals surface area contributed by atoms with Gasteiger partial charge in [-0.15, -0.1) is 10.2 Å². The van der Waals surface area contributed by atoms with E-state index in [1.54, 1.807) is 30.3 Å². The number of halogens is 1. The van der Waals surface area contributed by atoms with E-state index in [0.717, 1.165) is 0 Å². The third kappa shape index (κ3) is 2.83. The molecule has 0 radical (unpaired) electrons. The number of methoxy groups -OCH3 is 1. The van der Waals surface area contributed by atoms with E-state index in [1.807, 2.05) is 4.57 Å². The lowest BCUT2D eigenvalue weighted by atomic mass is 10.0. The van der Waals surface area contributed by atoms with Gasteiger partial charge in [-0.3, -0.25) is 14.8 Å². The van der Waals surface area contributed by atoms with Crippen LogP contribution in [0.25, 0.3) is 11.5 Å². The Kier molecular flexibility index (Phi) is 4.43. The Morgan fingerprint density at radius 1 is 1.23 bits per heavy atom. The summed E-state index contributed by atoms with van der Waals surface area (Å²) < 4.78 is 27.5. The lowest BCUT2D eigenvalue weighted by Crippen LogP contribution is -2.56. The number of hydrogen-bond acceptors (Lipinski definition) is 7. The molecule has 5 rings (SSSR count). The zero-order valence-electron chi connectivity index (χ0n) is 16.4. The molecule has 0 spiro atoms. The molecule has 0 unspecified atom stereocenters. The van der Waals surface area contributed by atoms with Crippen molar-refractivity contribution in [3.63, 3.8) is 0 Å². The minimum absolute atomic E-state index is 0.00190. The van der Waals surface area contributed by atoms with Crippen LogP contribution in [0, 0.1) is 12.7 Å². The molecule has 154 valence electrons. The molecule has 2 bridgehead atoms. The van der Waals surface area contributed by atoms with E-state index >= 15 is 0 Å². The number of nitrogens with zero attached hydrogens (tertiary/aromatic N) is 6. The lowest BCUT2D eigenvalue weighted by molar-refractivity contribution is -0.0571. The van der Waals surface area contributed by atoms with Crippen molar-refractivity contribution in [2.75, 3.05) is 20.3 Å². The van der Waals surface area contributed by atoms with Crippen LogP contribution in [-0.4, -0.2) is 61.9 Å². The maximum absolute atomic E-state index is 14.6. The van der Waals surface area contributed by atoms with Crippen LogP contribution in [0.1, 0.15) is 27.9 Å². The molecule has 2 atom stereocenters. The van der Waals surface area contributed by atoms with Crippen LogP contribution in [0.2, 0.25) is 0 Å². The first-order valence-corrected chi connectivity index (χ1v) is 9.53. The third-order valence-corrected chi connectivity index (χ3v) is 5.51. The van der Waals surface area contributed by atoms with Gasteiger partial charge in [0.15, 0.2) is 17.5 Å². The van der Waals surface area contributed by atoms with Crippen LogP contribution in [-0.2, 0) is 11.3 Å². The molecule has 3 aromatic heterocycles. The standard InChI is InChI=1S/C20H19FN6O3/c1-11-17(21)14(4-6-22-11)20(28)27-12-8-26-18(15-7-13(29-2)3-5-23-15)24-25-19(26)16(27)10-30-9-12/h3-7,12,16H,8-10H2,1-2H3/t12-,16-/m1/s1. The molecule has 9 nitrogen and oxygen atoms in total. The smallest absolute Gasteiger partial charge is 0.258 e. The van der Waals surface area contributed by atoms with Gasteiger partial charge < -0.3 is 18.9 Å². The van der Waals surface area contributed by atoms with Crippen LogP contribution >= 0.6 is 0 Å². The van der Waals surface area contributed by atoms with Gasteiger partial charge in [0, 0.05) is 25.0 Å². The molecule has 3 aromatic rings. The molecule has 30 heavy (non-hydrogen) atoms. The molecule has 0 N–H and O–H groups in total. The predicted molar refractivity (Wildman–Crippen MR) is 102 cm³/mol. The first-order valence-electron chi connectivity index (χ1n) is 9.53. The van der Waals surface area contributed by atoms with Crippen molar-refractivity contribution in [3.8, 4) is 17.3 Å². The molecule has 1 saturated heterocycles. The molecule has 5 heterocycles. The summed E-state index contributed by atoms with van der Waals surface area (Å²) in [4.78, 5) is 23.2. The number of aromatic nitrogens is 5. The molecule has 2 aliphatic heterocycles. The quantitative estimate of drug-likeness (QED) is 0.650. The van der Waals surface area contributed by atoms with Crippen LogP contribution in [0.4, 0.5) is 4.39 Å². The van der Waals surface area contributed by atoms with E-state index in [2.05, 4.69) is 20.2 Å². The molecular weight excluding hydrogens is 391 g/mol. The first-order chi connectivity index (χ1) is 14.6. The Morgan fingerprint density at radius 2 is 2.07 bits per heavy atom. The van der Waals surface area contributed by atoms with Crippen molar-refractivity contribution in [2.24, 2.45) is 0 Å². The van der Waals surface area contributed by atoms with Gasteiger partial charge in [-0.25, -0.2) is 4.39 Å². The lowest BCUT2D eigenvalue weighted by Gasteiger charge is -2.45. The third-order valence-electron chi connectivity index (χ3n) is 5.51. The minimum atomic E-state index is -0.602. The average molecular weight is 410 g/mol. The van der Waals surface area contributed by atoms with E-state index in [9.17, 15) is 9.18 Å². The highest BCUT2D eigenvalue weighted by molar-refractivity contribution is 5.95. The monoisotopic (exact) mass is 410 g/mol. The predicted octanol–water partition coefficient (Wildman–Crippen LogP) is 1.79. The highest BCUT2D eigenvalue weighted by atomic mass is 19.1. The summed E-state index contributed by atoms with van der Waals surface area (Å²) in [6.07, 6.45) is 3.09. The van der Waals surface area contributed by atoms with Crippen molar-refractivity contribution >= 4 is 5.91 Å². The number of aryl methyl sites for hydroxylation is 1. The van der Waals surface area contributed by atoms with Crippen molar-refractivity contribution in [2.45, 2.75) is 25.6 Å². The average Bonchev–Trinajstić information content (AvgIpc) is 3.18. The van der Waals surface area contributed by atoms with Crippen molar-refractivity contribution in [1.82, 2.24) is 29.6 Å². The largest absolute Gasteiger partial charge is 0.497 e. The van der Waals surface area contributed by atoms with Gasteiger partial charge in [-0.1, -0.05) is 0 Å². The van der Waals surface area contributed by atoms with Gasteiger partial charge in [0.05, 0.1) is 37.6 Å². The molecular formula is C20H19FN6O3. The highest BCUT2D eigenvalue weighted by Crippen LogP contribution is 2.36. The zero-order valence-corrected chi connectivity index (χ0v) is 16.4. The molecule has 10 heteroatoms. The van der Waals surface area contributed by atoms with E-state index in [-0.39, 0.29) is 23.9 Å². The van der Waals surface area contributed by atoms with Gasteiger partial charge in [-0.05, 0) is 19.1 Å². The van der Waals surface area contributed by atoms with E-state index < -0.39 is 17.8 Å². The summed E-state index contributed by atoms with van der Waals surface area (Å²) in [7, 11) is 1.59. The summed E-state index contributed by atoms with van der Waals surface area (Å²) in [5.74, 6) is 0.849. The maximum atomic E-state index is 14.6. The fourth-order valence-electron chi connectivity index (χ4n) is 4.03. The molecule has 2 aliphatic rings. The summed E-state index contributed by atoms with van der Waals surface area (Å²) in [5.41, 5.74) is 0.818. The molecule has 0 aliphatic carbocycles. The number of fused-ring (bicyclic) bond motifs is 4. The van der Waals surface area contributed by atoms with E-state index in [1.165, 1.54) is 19.2 Å². The number of ether oxygens (including phenoxy) is 2. The van der Waals surface area contributed by atoms with Crippen LogP contribution in [0.15, 0.2) is 30.6 Å². The highest BCUT2D eigenvalue weighted by Gasteiger charge is 2.44. The Labute approximate surface area is 171 Å². The Bertz CT molecular complexity index is 1130. The molecule has 1 amide bonds. The first kappa shape index (κ1) is 18.6. The van der Waals surface area contributed by atoms with Crippen molar-refractivity contribution < 1.29 is 18.7 Å². The Morgan fingerprint density at radius 3 is 2.90 bits per heavy atom. The van der Waals surface area contributed by atoms with Crippen LogP contribution < -0.4 is 4.74 Å². The molecule has 0 saturated carbocycles. The van der Waals surface area contributed by atoms with Gasteiger partial charge in [-0.2, -0.15) is 0 Å². The maximum Gasteiger partial charge on any atom is 0.258 e. The fraction of sp³-hybridized carbons (Fsp3) is 0.350. The number of carbonyl (C=O) groups is 1. The fourth-order valence-corrected chi connectivity index (χ4v) is 4.03. The second kappa shape index (κ2) is 7.13. The van der Waals surface area contributed by atoms with Gasteiger partial charge in [0.2, 0.25) is 0 Å². The normalized spacial score (nSPS) is 20.0. The van der Waals surface area contributed by atoms with Gasteiger partial charge in [0.1, 0.15) is 17.5 Å². The Hall–Kier alpha value is -3.40. The molecule has 0 aromatic carbocycles. The van der Waals surface area contributed by atoms with Gasteiger partial charge >= 0.3 is 0 Å². The number of hydrogen-bond donors (Lipinski definition) is 0. The number of carbonyl (C=O) groups excluding carboxylic acids is 1. The number of amides is 1. The Balaban J connectivity index is 1.55. The van der Waals surface area contributed by atoms with Gasteiger partial charge in [0.25, 0.3) is 5.91 Å². The summed E-state index contributed by atoms with van der Waals surface area (Å²) in [6, 6.07) is 4.20. The summed E-state index contributed by atoms with van der Waals surface area (Å²) in [6.45, 7) is 2.56. The van der Waals surface area contributed by atoms with E-state index in [4.69, 9.17) is 9.47 Å².